The molecule has 0 aliphatic heterocycles. The molecule has 2 aromatic rings. The Morgan fingerprint density at radius 2 is 1.89 bits per heavy atom. The Morgan fingerprint density at radius 3 is 2.56 bits per heavy atom. The summed E-state index contributed by atoms with van der Waals surface area (Å²) in [5, 5.41) is 0. The van der Waals surface area contributed by atoms with E-state index in [4.69, 9.17) is 4.74 Å². The first kappa shape index (κ1) is 13.1. The number of aryl methyl sites for hydroxylation is 1. The van der Waals surface area contributed by atoms with E-state index in [0.29, 0.717) is 0 Å². The Morgan fingerprint density at radius 1 is 1.11 bits per heavy atom. The SMILES string of the molecule is CCCCc1ccc(Oc2cncc(Br)c2)cc1. The van der Waals surface area contributed by atoms with Crippen LogP contribution >= 0.6 is 15.9 Å². The van der Waals surface area contributed by atoms with Crippen LogP contribution in [0.3, 0.4) is 0 Å². The second-order valence-corrected chi connectivity index (χ2v) is 5.10. The zero-order valence-corrected chi connectivity index (χ0v) is 12.0. The second kappa shape index (κ2) is 6.55. The Balaban J connectivity index is 2.02. The third-order valence-corrected chi connectivity index (χ3v) is 3.09. The molecule has 1 heterocycles. The third-order valence-electron chi connectivity index (χ3n) is 2.66. The van der Waals surface area contributed by atoms with E-state index in [9.17, 15) is 0 Å². The number of nitrogens with zero attached hydrogens (tertiary/aromatic N) is 1. The molecule has 3 heteroatoms. The standard InChI is InChI=1S/C15H16BrNO/c1-2-3-4-12-5-7-14(8-6-12)18-15-9-13(16)10-17-11-15/h5-11H,2-4H2,1H3. The van der Waals surface area contributed by atoms with Gasteiger partial charge < -0.3 is 4.74 Å². The molecule has 0 saturated carbocycles. The molecule has 0 saturated heterocycles. The molecule has 0 radical (unpaired) electrons. The van der Waals surface area contributed by atoms with E-state index in [0.717, 1.165) is 22.4 Å². The normalized spacial score (nSPS) is 10.3. The molecule has 0 fully saturated rings. The highest BCUT2D eigenvalue weighted by atomic mass is 79.9. The van der Waals surface area contributed by atoms with Gasteiger partial charge >= 0.3 is 0 Å². The summed E-state index contributed by atoms with van der Waals surface area (Å²) in [6, 6.07) is 10.2. The van der Waals surface area contributed by atoms with Crippen molar-refractivity contribution >= 4 is 15.9 Å². The lowest BCUT2D eigenvalue weighted by molar-refractivity contribution is 0.479. The quantitative estimate of drug-likeness (QED) is 0.777. The van der Waals surface area contributed by atoms with Crippen LogP contribution in [-0.2, 0) is 6.42 Å². The summed E-state index contributed by atoms with van der Waals surface area (Å²) in [7, 11) is 0. The molecule has 18 heavy (non-hydrogen) atoms. The zero-order chi connectivity index (χ0) is 12.8. The number of rotatable bonds is 5. The van der Waals surface area contributed by atoms with Crippen LogP contribution in [0.15, 0.2) is 47.2 Å². The number of unbranched alkanes of at least 4 members (excludes halogenated alkanes) is 1. The molecule has 0 aliphatic carbocycles. The minimum absolute atomic E-state index is 0.741. The van der Waals surface area contributed by atoms with E-state index in [-0.39, 0.29) is 0 Å². The minimum atomic E-state index is 0.741. The van der Waals surface area contributed by atoms with Crippen molar-refractivity contribution < 1.29 is 4.74 Å². The maximum absolute atomic E-state index is 5.73. The van der Waals surface area contributed by atoms with E-state index in [1.54, 1.807) is 12.4 Å². The molecule has 0 bridgehead atoms. The van der Waals surface area contributed by atoms with Gasteiger partial charge in [-0.25, -0.2) is 0 Å². The van der Waals surface area contributed by atoms with Crippen molar-refractivity contribution in [3.8, 4) is 11.5 Å². The van der Waals surface area contributed by atoms with Crippen molar-refractivity contribution in [2.45, 2.75) is 26.2 Å². The lowest BCUT2D eigenvalue weighted by atomic mass is 10.1. The molecular weight excluding hydrogens is 290 g/mol. The molecule has 0 N–H and O–H groups in total. The summed E-state index contributed by atoms with van der Waals surface area (Å²) in [5.41, 5.74) is 1.36. The first-order valence-corrected chi connectivity index (χ1v) is 6.94. The van der Waals surface area contributed by atoms with Gasteiger partial charge in [0.15, 0.2) is 0 Å². The minimum Gasteiger partial charge on any atom is -0.456 e. The largest absolute Gasteiger partial charge is 0.456 e. The Hall–Kier alpha value is -1.35. The highest BCUT2D eigenvalue weighted by Crippen LogP contribution is 2.23. The van der Waals surface area contributed by atoms with Crippen LogP contribution < -0.4 is 4.74 Å². The maximum atomic E-state index is 5.73. The highest BCUT2D eigenvalue weighted by Gasteiger charge is 1.99. The summed E-state index contributed by atoms with van der Waals surface area (Å²) >= 11 is 3.37. The number of hydrogen-bond acceptors (Lipinski definition) is 2. The van der Waals surface area contributed by atoms with Crippen molar-refractivity contribution in [2.75, 3.05) is 0 Å². The number of pyridine rings is 1. The van der Waals surface area contributed by atoms with E-state index in [1.807, 2.05) is 18.2 Å². The molecule has 2 nitrogen and oxygen atoms in total. The van der Waals surface area contributed by atoms with Crippen molar-refractivity contribution in [1.82, 2.24) is 4.98 Å². The molecule has 1 aromatic heterocycles. The van der Waals surface area contributed by atoms with Crippen LogP contribution in [0.25, 0.3) is 0 Å². The summed E-state index contributed by atoms with van der Waals surface area (Å²) < 4.78 is 6.64. The predicted molar refractivity (Wildman–Crippen MR) is 77.1 cm³/mol. The molecule has 2 rings (SSSR count). The zero-order valence-electron chi connectivity index (χ0n) is 10.4. The maximum Gasteiger partial charge on any atom is 0.146 e. The van der Waals surface area contributed by atoms with Crippen molar-refractivity contribution in [1.29, 1.82) is 0 Å². The van der Waals surface area contributed by atoms with Crippen molar-refractivity contribution in [2.24, 2.45) is 0 Å². The molecule has 0 amide bonds. The fourth-order valence-electron chi connectivity index (χ4n) is 1.69. The van der Waals surface area contributed by atoms with Crippen LogP contribution in [0.1, 0.15) is 25.3 Å². The summed E-state index contributed by atoms with van der Waals surface area (Å²) in [5.74, 6) is 1.58. The van der Waals surface area contributed by atoms with Gasteiger partial charge in [0.2, 0.25) is 0 Å². The number of benzene rings is 1. The van der Waals surface area contributed by atoms with Gasteiger partial charge in [-0.05, 0) is 52.5 Å². The van der Waals surface area contributed by atoms with Gasteiger partial charge in [0.25, 0.3) is 0 Å². The average molecular weight is 306 g/mol. The number of halogens is 1. The van der Waals surface area contributed by atoms with Gasteiger partial charge in [-0.3, -0.25) is 4.98 Å². The fraction of sp³-hybridized carbons (Fsp3) is 0.267. The van der Waals surface area contributed by atoms with Crippen LogP contribution in [0.2, 0.25) is 0 Å². The molecule has 0 atom stereocenters. The van der Waals surface area contributed by atoms with E-state index in [2.05, 4.69) is 40.0 Å². The molecular formula is C15H16BrNO. The molecule has 1 aromatic carbocycles. The lowest BCUT2D eigenvalue weighted by Crippen LogP contribution is -1.87. The van der Waals surface area contributed by atoms with E-state index in [1.165, 1.54) is 18.4 Å². The van der Waals surface area contributed by atoms with Crippen molar-refractivity contribution in [3.63, 3.8) is 0 Å². The molecule has 0 aliphatic rings. The van der Waals surface area contributed by atoms with E-state index < -0.39 is 0 Å². The molecule has 0 spiro atoms. The fourth-order valence-corrected chi connectivity index (χ4v) is 2.03. The Bertz CT molecular complexity index is 496. The monoisotopic (exact) mass is 305 g/mol. The van der Waals surface area contributed by atoms with Crippen LogP contribution in [0.4, 0.5) is 0 Å². The summed E-state index contributed by atoms with van der Waals surface area (Å²) in [4.78, 5) is 4.07. The number of hydrogen-bond donors (Lipinski definition) is 0. The average Bonchev–Trinajstić information content (AvgIpc) is 2.38. The van der Waals surface area contributed by atoms with Crippen LogP contribution in [0, 0.1) is 0 Å². The van der Waals surface area contributed by atoms with Gasteiger partial charge in [0.05, 0.1) is 6.20 Å². The summed E-state index contributed by atoms with van der Waals surface area (Å²) in [6.07, 6.45) is 7.03. The predicted octanol–water partition coefficient (Wildman–Crippen LogP) is 4.98. The second-order valence-electron chi connectivity index (χ2n) is 4.19. The topological polar surface area (TPSA) is 22.1 Å². The van der Waals surface area contributed by atoms with Gasteiger partial charge in [-0.1, -0.05) is 25.5 Å². The smallest absolute Gasteiger partial charge is 0.146 e. The third kappa shape index (κ3) is 3.84. The Labute approximate surface area is 116 Å². The van der Waals surface area contributed by atoms with Crippen LogP contribution in [0.5, 0.6) is 11.5 Å². The van der Waals surface area contributed by atoms with Gasteiger partial charge in [-0.15, -0.1) is 0 Å². The Kier molecular flexibility index (Phi) is 4.76. The van der Waals surface area contributed by atoms with E-state index >= 15 is 0 Å². The lowest BCUT2D eigenvalue weighted by Gasteiger charge is -2.06. The van der Waals surface area contributed by atoms with Crippen LogP contribution in [-0.4, -0.2) is 4.98 Å². The van der Waals surface area contributed by atoms with Crippen molar-refractivity contribution in [3.05, 3.63) is 52.8 Å². The highest BCUT2D eigenvalue weighted by molar-refractivity contribution is 9.10. The van der Waals surface area contributed by atoms with Gasteiger partial charge in [0.1, 0.15) is 11.5 Å². The first-order chi connectivity index (χ1) is 8.78. The van der Waals surface area contributed by atoms with Gasteiger partial charge in [0, 0.05) is 10.7 Å². The van der Waals surface area contributed by atoms with Gasteiger partial charge in [-0.2, -0.15) is 0 Å². The number of ether oxygens (including phenoxy) is 1. The molecule has 0 unspecified atom stereocenters. The molecule has 94 valence electrons. The number of aromatic nitrogens is 1. The first-order valence-electron chi connectivity index (χ1n) is 6.15. The summed E-state index contributed by atoms with van der Waals surface area (Å²) in [6.45, 7) is 2.21.